The zero-order valence-electron chi connectivity index (χ0n) is 17.2. The molecule has 1 aliphatic heterocycles. The standard InChI is InChI=1S/C23H30ClFN2O2/c1-5-14-29-21-8-6-19(7-9-21)18(4)27-12-10-20(11-13-27)26-23(28)16(2)15-22(24)17(3)25/h6-9,15,18,20H,2-3,5,10-14H2,1,4H3,(H,26,28)/b22-15+. The van der Waals surface area contributed by atoms with Gasteiger partial charge in [0.1, 0.15) is 11.6 Å². The van der Waals surface area contributed by atoms with Crippen molar-refractivity contribution in [3.8, 4) is 5.75 Å². The minimum absolute atomic E-state index is 0.0632. The van der Waals surface area contributed by atoms with E-state index < -0.39 is 5.83 Å². The van der Waals surface area contributed by atoms with Crippen molar-refractivity contribution in [2.24, 2.45) is 0 Å². The Morgan fingerprint density at radius 1 is 1.34 bits per heavy atom. The number of ether oxygens (including phenoxy) is 1. The van der Waals surface area contributed by atoms with Crippen LogP contribution in [0.1, 0.15) is 44.7 Å². The van der Waals surface area contributed by atoms with Crippen LogP contribution in [0.4, 0.5) is 4.39 Å². The number of carbonyl (C=O) groups excluding carboxylic acids is 1. The van der Waals surface area contributed by atoms with Gasteiger partial charge in [0, 0.05) is 30.7 Å². The predicted molar refractivity (Wildman–Crippen MR) is 117 cm³/mol. The summed E-state index contributed by atoms with van der Waals surface area (Å²) in [5.74, 6) is -0.221. The van der Waals surface area contributed by atoms with Gasteiger partial charge in [0.05, 0.1) is 11.6 Å². The van der Waals surface area contributed by atoms with Crippen molar-refractivity contribution in [2.45, 2.75) is 45.2 Å². The largest absolute Gasteiger partial charge is 0.494 e. The summed E-state index contributed by atoms with van der Waals surface area (Å²) in [6.45, 7) is 13.5. The van der Waals surface area contributed by atoms with Crippen LogP contribution in [0, 0.1) is 0 Å². The average Bonchev–Trinajstić information content (AvgIpc) is 2.72. The number of nitrogens with one attached hydrogen (secondary N) is 1. The Bertz CT molecular complexity index is 753. The van der Waals surface area contributed by atoms with Crippen LogP contribution in [-0.2, 0) is 4.79 Å². The van der Waals surface area contributed by atoms with Crippen LogP contribution in [0.5, 0.6) is 5.75 Å². The molecule has 1 aromatic carbocycles. The van der Waals surface area contributed by atoms with Crippen LogP contribution in [0.15, 0.2) is 59.9 Å². The average molecular weight is 421 g/mol. The van der Waals surface area contributed by atoms with E-state index in [0.717, 1.165) is 44.7 Å². The number of carbonyl (C=O) groups is 1. The summed E-state index contributed by atoms with van der Waals surface area (Å²) in [7, 11) is 0. The molecule has 0 spiro atoms. The highest BCUT2D eigenvalue weighted by Crippen LogP contribution is 2.26. The van der Waals surface area contributed by atoms with Gasteiger partial charge >= 0.3 is 0 Å². The van der Waals surface area contributed by atoms with Crippen LogP contribution in [0.3, 0.4) is 0 Å². The summed E-state index contributed by atoms with van der Waals surface area (Å²) in [4.78, 5) is 14.6. The van der Waals surface area contributed by atoms with Gasteiger partial charge in [-0.25, -0.2) is 4.39 Å². The van der Waals surface area contributed by atoms with Gasteiger partial charge in [-0.1, -0.05) is 43.8 Å². The maximum absolute atomic E-state index is 12.9. The van der Waals surface area contributed by atoms with Crippen LogP contribution in [0.2, 0.25) is 0 Å². The van der Waals surface area contributed by atoms with E-state index in [1.54, 1.807) is 0 Å². The Kier molecular flexibility index (Phi) is 8.93. The Morgan fingerprint density at radius 2 is 1.97 bits per heavy atom. The van der Waals surface area contributed by atoms with Crippen molar-refractivity contribution in [3.05, 3.63) is 65.5 Å². The third-order valence-corrected chi connectivity index (χ3v) is 5.41. The number of hydrogen-bond acceptors (Lipinski definition) is 3. The monoisotopic (exact) mass is 420 g/mol. The number of piperidine rings is 1. The van der Waals surface area contributed by atoms with E-state index in [-0.39, 0.29) is 22.6 Å². The Morgan fingerprint density at radius 3 is 2.52 bits per heavy atom. The lowest BCUT2D eigenvalue weighted by molar-refractivity contribution is -0.118. The fraction of sp³-hybridized carbons (Fsp3) is 0.435. The third-order valence-electron chi connectivity index (χ3n) is 5.10. The molecular formula is C23H30ClFN2O2. The molecule has 0 bridgehead atoms. The fourth-order valence-corrected chi connectivity index (χ4v) is 3.41. The topological polar surface area (TPSA) is 41.6 Å². The zero-order valence-corrected chi connectivity index (χ0v) is 18.0. The van der Waals surface area contributed by atoms with Crippen molar-refractivity contribution in [1.29, 1.82) is 0 Å². The summed E-state index contributed by atoms with van der Waals surface area (Å²) < 4.78 is 18.6. The number of allylic oxidation sites excluding steroid dienone is 2. The molecule has 0 aliphatic carbocycles. The van der Waals surface area contributed by atoms with Crippen LogP contribution < -0.4 is 10.1 Å². The number of halogens is 2. The molecule has 0 saturated carbocycles. The van der Waals surface area contributed by atoms with Crippen LogP contribution in [-0.4, -0.2) is 36.5 Å². The Hall–Kier alpha value is -2.11. The molecule has 1 fully saturated rings. The smallest absolute Gasteiger partial charge is 0.250 e. The van der Waals surface area contributed by atoms with Gasteiger partial charge < -0.3 is 10.1 Å². The van der Waals surface area contributed by atoms with Crippen molar-refractivity contribution >= 4 is 17.5 Å². The van der Waals surface area contributed by atoms with Gasteiger partial charge in [0.15, 0.2) is 0 Å². The van der Waals surface area contributed by atoms with Crippen molar-refractivity contribution in [1.82, 2.24) is 10.2 Å². The maximum atomic E-state index is 12.9. The molecule has 6 heteroatoms. The summed E-state index contributed by atoms with van der Waals surface area (Å²) in [5, 5.41) is 2.74. The number of hydrogen-bond donors (Lipinski definition) is 1. The molecule has 4 nitrogen and oxygen atoms in total. The molecule has 0 aromatic heterocycles. The van der Waals surface area contributed by atoms with Gasteiger partial charge in [0.25, 0.3) is 5.91 Å². The molecule has 158 valence electrons. The van der Waals surface area contributed by atoms with E-state index in [4.69, 9.17) is 16.3 Å². The molecule has 1 amide bonds. The number of rotatable bonds is 9. The van der Waals surface area contributed by atoms with Gasteiger partial charge in [0.2, 0.25) is 0 Å². The number of likely N-dealkylation sites (tertiary alicyclic amines) is 1. The first-order valence-electron chi connectivity index (χ1n) is 10.00. The van der Waals surface area contributed by atoms with E-state index in [0.29, 0.717) is 6.04 Å². The Balaban J connectivity index is 1.83. The minimum Gasteiger partial charge on any atom is -0.494 e. The lowest BCUT2D eigenvalue weighted by atomic mass is 10.00. The van der Waals surface area contributed by atoms with E-state index >= 15 is 0 Å². The summed E-state index contributed by atoms with van der Waals surface area (Å²) in [5.41, 5.74) is 1.37. The number of amides is 1. The lowest BCUT2D eigenvalue weighted by Crippen LogP contribution is -2.45. The molecule has 1 saturated heterocycles. The van der Waals surface area contributed by atoms with Gasteiger partial charge in [-0.05, 0) is 50.0 Å². The van der Waals surface area contributed by atoms with Crippen molar-refractivity contribution < 1.29 is 13.9 Å². The maximum Gasteiger partial charge on any atom is 0.250 e. The third kappa shape index (κ3) is 7.02. The molecule has 1 aromatic rings. The second kappa shape index (κ2) is 11.2. The summed E-state index contributed by atoms with van der Waals surface area (Å²) in [6, 6.07) is 8.62. The SMILES string of the molecule is C=C(/C=C(/Cl)C(=C)F)C(=O)NC1CCN(C(C)c2ccc(OCCC)cc2)CC1. The molecule has 29 heavy (non-hydrogen) atoms. The summed E-state index contributed by atoms with van der Waals surface area (Å²) >= 11 is 5.68. The zero-order chi connectivity index (χ0) is 21.4. The first kappa shape index (κ1) is 23.2. The molecule has 1 aliphatic rings. The highest BCUT2D eigenvalue weighted by molar-refractivity contribution is 6.32. The lowest BCUT2D eigenvalue weighted by Gasteiger charge is -2.36. The van der Waals surface area contributed by atoms with E-state index in [9.17, 15) is 9.18 Å². The van der Waals surface area contributed by atoms with E-state index in [1.165, 1.54) is 11.6 Å². The van der Waals surface area contributed by atoms with Gasteiger partial charge in [-0.2, -0.15) is 0 Å². The normalized spacial score (nSPS) is 16.9. The Labute approximate surface area is 178 Å². The van der Waals surface area contributed by atoms with Gasteiger partial charge in [-0.15, -0.1) is 0 Å². The van der Waals surface area contributed by atoms with Crippen molar-refractivity contribution in [3.63, 3.8) is 0 Å². The molecule has 1 N–H and O–H groups in total. The first-order valence-corrected chi connectivity index (χ1v) is 10.4. The second-order valence-electron chi connectivity index (χ2n) is 7.30. The van der Waals surface area contributed by atoms with E-state index in [1.807, 2.05) is 12.1 Å². The fourth-order valence-electron chi connectivity index (χ4n) is 3.28. The second-order valence-corrected chi connectivity index (χ2v) is 7.71. The summed E-state index contributed by atoms with van der Waals surface area (Å²) in [6.07, 6.45) is 3.87. The highest BCUT2D eigenvalue weighted by Gasteiger charge is 2.25. The highest BCUT2D eigenvalue weighted by atomic mass is 35.5. The van der Waals surface area contributed by atoms with Crippen LogP contribution >= 0.6 is 11.6 Å². The molecule has 1 atom stereocenters. The first-order chi connectivity index (χ1) is 13.8. The molecule has 1 unspecified atom stereocenters. The molecule has 1 heterocycles. The van der Waals surface area contributed by atoms with E-state index in [2.05, 4.69) is 49.4 Å². The molecule has 0 radical (unpaired) electrons. The molecule has 2 rings (SSSR count). The molecular weight excluding hydrogens is 391 g/mol. The minimum atomic E-state index is -0.784. The van der Waals surface area contributed by atoms with Gasteiger partial charge in [-0.3, -0.25) is 9.69 Å². The van der Waals surface area contributed by atoms with Crippen molar-refractivity contribution in [2.75, 3.05) is 19.7 Å². The quantitative estimate of drug-likeness (QED) is 0.436. The number of benzene rings is 1. The number of nitrogens with zero attached hydrogens (tertiary/aromatic N) is 1. The van der Waals surface area contributed by atoms with Crippen LogP contribution in [0.25, 0.3) is 0 Å². The predicted octanol–water partition coefficient (Wildman–Crippen LogP) is 5.28.